The van der Waals surface area contributed by atoms with Gasteiger partial charge in [-0.1, -0.05) is 24.3 Å². The minimum Gasteiger partial charge on any atom is -0.467 e. The summed E-state index contributed by atoms with van der Waals surface area (Å²) in [5.74, 6) is -1.44. The van der Waals surface area contributed by atoms with E-state index in [0.717, 1.165) is 16.0 Å². The summed E-state index contributed by atoms with van der Waals surface area (Å²) in [4.78, 5) is 39.7. The lowest BCUT2D eigenvalue weighted by Crippen LogP contribution is -2.50. The molecule has 0 bridgehead atoms. The number of thiophene rings is 1. The van der Waals surface area contributed by atoms with E-state index in [4.69, 9.17) is 9.47 Å². The highest BCUT2D eigenvalue weighted by atomic mass is 32.1. The van der Waals surface area contributed by atoms with Gasteiger partial charge in [0, 0.05) is 17.8 Å². The number of ether oxygens (including phenoxy) is 2. The van der Waals surface area contributed by atoms with Crippen molar-refractivity contribution < 1.29 is 23.9 Å². The standard InChI is InChI=1S/C19H19NO5S/c1-12-7-8-16(26-12)19(23)25-11-17(21)20-10-14-6-4-3-5-13(14)9-15(20)18(22)24-2/h3-8,15H,9-11H2,1-2H3/t15-/m1/s1. The van der Waals surface area contributed by atoms with Gasteiger partial charge in [0.05, 0.1) is 7.11 Å². The van der Waals surface area contributed by atoms with Crippen molar-refractivity contribution in [2.24, 2.45) is 0 Å². The molecule has 0 saturated heterocycles. The van der Waals surface area contributed by atoms with Crippen LogP contribution in [0.25, 0.3) is 0 Å². The van der Waals surface area contributed by atoms with Crippen LogP contribution < -0.4 is 0 Å². The number of carbonyl (C=O) groups excluding carboxylic acids is 3. The Hall–Kier alpha value is -2.67. The number of nitrogens with zero attached hydrogens (tertiary/aromatic N) is 1. The quantitative estimate of drug-likeness (QED) is 0.769. The van der Waals surface area contributed by atoms with Crippen LogP contribution in [-0.4, -0.2) is 42.5 Å². The molecule has 7 heteroatoms. The minimum absolute atomic E-state index is 0.282. The summed E-state index contributed by atoms with van der Waals surface area (Å²) in [5, 5.41) is 0. The van der Waals surface area contributed by atoms with Crippen LogP contribution in [0.2, 0.25) is 0 Å². The molecule has 0 fully saturated rings. The Bertz CT molecular complexity index is 844. The summed E-state index contributed by atoms with van der Waals surface area (Å²) in [5.41, 5.74) is 1.99. The van der Waals surface area contributed by atoms with E-state index < -0.39 is 30.5 Å². The van der Waals surface area contributed by atoms with Gasteiger partial charge < -0.3 is 14.4 Å². The van der Waals surface area contributed by atoms with E-state index in [1.165, 1.54) is 23.3 Å². The van der Waals surface area contributed by atoms with Crippen LogP contribution in [-0.2, 0) is 32.0 Å². The Morgan fingerprint density at radius 2 is 1.88 bits per heavy atom. The first kappa shape index (κ1) is 18.1. The lowest BCUT2D eigenvalue weighted by Gasteiger charge is -2.35. The summed E-state index contributed by atoms with van der Waals surface area (Å²) in [6, 6.07) is 10.4. The fourth-order valence-electron chi connectivity index (χ4n) is 2.96. The minimum atomic E-state index is -0.718. The fraction of sp³-hybridized carbons (Fsp3) is 0.316. The topological polar surface area (TPSA) is 72.9 Å². The number of esters is 2. The van der Waals surface area contributed by atoms with Crippen molar-refractivity contribution in [1.82, 2.24) is 4.90 Å². The molecule has 2 heterocycles. The van der Waals surface area contributed by atoms with Gasteiger partial charge in [-0.05, 0) is 30.2 Å². The van der Waals surface area contributed by atoms with E-state index in [1.54, 1.807) is 6.07 Å². The molecule has 3 rings (SSSR count). The molecule has 1 aliphatic rings. The molecule has 6 nitrogen and oxygen atoms in total. The molecule has 0 aliphatic carbocycles. The first-order valence-corrected chi connectivity index (χ1v) is 8.99. The van der Waals surface area contributed by atoms with Crippen molar-refractivity contribution in [3.05, 3.63) is 57.3 Å². The number of benzene rings is 1. The number of hydrogen-bond acceptors (Lipinski definition) is 6. The van der Waals surface area contributed by atoms with Gasteiger partial charge in [0.1, 0.15) is 10.9 Å². The lowest BCUT2D eigenvalue weighted by molar-refractivity contribution is -0.155. The lowest BCUT2D eigenvalue weighted by atomic mass is 9.94. The number of rotatable bonds is 4. The zero-order valence-electron chi connectivity index (χ0n) is 14.6. The molecule has 2 aromatic rings. The third-order valence-electron chi connectivity index (χ3n) is 4.31. The number of hydrogen-bond donors (Lipinski definition) is 0. The molecule has 1 aromatic heterocycles. The molecule has 1 amide bonds. The van der Waals surface area contributed by atoms with Crippen molar-refractivity contribution >= 4 is 29.2 Å². The van der Waals surface area contributed by atoms with Crippen LogP contribution in [0.1, 0.15) is 25.7 Å². The van der Waals surface area contributed by atoms with Crippen LogP contribution in [0.5, 0.6) is 0 Å². The molecule has 136 valence electrons. The highest BCUT2D eigenvalue weighted by Gasteiger charge is 2.35. The summed E-state index contributed by atoms with van der Waals surface area (Å²) in [7, 11) is 1.30. The van der Waals surface area contributed by atoms with Gasteiger partial charge in [-0.25, -0.2) is 9.59 Å². The second kappa shape index (κ2) is 7.70. The maximum atomic E-state index is 12.6. The summed E-state index contributed by atoms with van der Waals surface area (Å²) in [6.07, 6.45) is 0.382. The van der Waals surface area contributed by atoms with Crippen LogP contribution in [0.15, 0.2) is 36.4 Å². The van der Waals surface area contributed by atoms with Gasteiger partial charge in [0.25, 0.3) is 5.91 Å². The highest BCUT2D eigenvalue weighted by molar-refractivity contribution is 7.13. The first-order chi connectivity index (χ1) is 12.5. The molecule has 1 aliphatic heterocycles. The Balaban J connectivity index is 1.71. The van der Waals surface area contributed by atoms with Gasteiger partial charge in [-0.3, -0.25) is 4.79 Å². The summed E-state index contributed by atoms with van der Waals surface area (Å²) < 4.78 is 9.98. The van der Waals surface area contributed by atoms with Crippen molar-refractivity contribution in [3.8, 4) is 0 Å². The van der Waals surface area contributed by atoms with E-state index >= 15 is 0 Å². The van der Waals surface area contributed by atoms with E-state index in [9.17, 15) is 14.4 Å². The third kappa shape index (κ3) is 3.77. The first-order valence-electron chi connectivity index (χ1n) is 8.17. The number of carbonyl (C=O) groups is 3. The van der Waals surface area contributed by atoms with E-state index in [1.807, 2.05) is 37.3 Å². The van der Waals surface area contributed by atoms with Gasteiger partial charge in [0.15, 0.2) is 6.61 Å². The Morgan fingerprint density at radius 1 is 1.15 bits per heavy atom. The van der Waals surface area contributed by atoms with Gasteiger partial charge in [-0.2, -0.15) is 0 Å². The van der Waals surface area contributed by atoms with Crippen LogP contribution in [0.3, 0.4) is 0 Å². The van der Waals surface area contributed by atoms with E-state index in [-0.39, 0.29) is 6.54 Å². The Kier molecular flexibility index (Phi) is 5.37. The van der Waals surface area contributed by atoms with Crippen molar-refractivity contribution in [1.29, 1.82) is 0 Å². The second-order valence-electron chi connectivity index (χ2n) is 6.02. The normalized spacial score (nSPS) is 15.9. The maximum absolute atomic E-state index is 12.6. The average molecular weight is 373 g/mol. The van der Waals surface area contributed by atoms with E-state index in [0.29, 0.717) is 11.3 Å². The molecule has 1 aromatic carbocycles. The molecule has 0 spiro atoms. The zero-order valence-corrected chi connectivity index (χ0v) is 15.4. The zero-order chi connectivity index (χ0) is 18.7. The van der Waals surface area contributed by atoms with Gasteiger partial charge in [-0.15, -0.1) is 11.3 Å². The molecule has 0 radical (unpaired) electrons. The molecule has 26 heavy (non-hydrogen) atoms. The molecule has 0 saturated carbocycles. The Morgan fingerprint density at radius 3 is 2.54 bits per heavy atom. The highest BCUT2D eigenvalue weighted by Crippen LogP contribution is 2.24. The third-order valence-corrected chi connectivity index (χ3v) is 5.29. The van der Waals surface area contributed by atoms with Crippen LogP contribution in [0.4, 0.5) is 0 Å². The van der Waals surface area contributed by atoms with Crippen molar-refractivity contribution in [2.45, 2.75) is 25.9 Å². The summed E-state index contributed by atoms with van der Waals surface area (Å²) in [6.45, 7) is 1.76. The average Bonchev–Trinajstić information content (AvgIpc) is 3.10. The maximum Gasteiger partial charge on any atom is 0.348 e. The SMILES string of the molecule is COC(=O)[C@H]1Cc2ccccc2CN1C(=O)COC(=O)c1ccc(C)s1. The number of aryl methyl sites for hydroxylation is 1. The van der Waals surface area contributed by atoms with Crippen LogP contribution in [0, 0.1) is 6.92 Å². The molecular formula is C19H19NO5S. The molecule has 0 unspecified atom stereocenters. The van der Waals surface area contributed by atoms with Crippen LogP contribution >= 0.6 is 11.3 Å². The van der Waals surface area contributed by atoms with E-state index in [2.05, 4.69) is 0 Å². The number of amides is 1. The summed E-state index contributed by atoms with van der Waals surface area (Å²) >= 11 is 1.31. The number of fused-ring (bicyclic) bond motifs is 1. The number of methoxy groups -OCH3 is 1. The smallest absolute Gasteiger partial charge is 0.348 e. The predicted octanol–water partition coefficient (Wildman–Crippen LogP) is 2.34. The van der Waals surface area contributed by atoms with Gasteiger partial charge in [0.2, 0.25) is 0 Å². The fourth-order valence-corrected chi connectivity index (χ4v) is 3.72. The molecule has 1 atom stereocenters. The molecular weight excluding hydrogens is 354 g/mol. The molecule has 0 N–H and O–H groups in total. The second-order valence-corrected chi connectivity index (χ2v) is 7.31. The monoisotopic (exact) mass is 373 g/mol. The largest absolute Gasteiger partial charge is 0.467 e. The Labute approximate surface area is 155 Å². The van der Waals surface area contributed by atoms with Crippen molar-refractivity contribution in [2.75, 3.05) is 13.7 Å². The van der Waals surface area contributed by atoms with Gasteiger partial charge >= 0.3 is 11.9 Å². The van der Waals surface area contributed by atoms with Crippen molar-refractivity contribution in [3.63, 3.8) is 0 Å². The predicted molar refractivity (Wildman–Crippen MR) is 95.8 cm³/mol.